The van der Waals surface area contributed by atoms with Gasteiger partial charge in [0.2, 0.25) is 5.91 Å². The molecule has 2 aromatic carbocycles. The van der Waals surface area contributed by atoms with Gasteiger partial charge in [-0.2, -0.15) is 0 Å². The van der Waals surface area contributed by atoms with Gasteiger partial charge in [-0.15, -0.1) is 0 Å². The van der Waals surface area contributed by atoms with Crippen molar-refractivity contribution in [3.05, 3.63) is 47.5 Å². The Morgan fingerprint density at radius 1 is 1.00 bits per heavy atom. The maximum atomic E-state index is 11.1. The Morgan fingerprint density at radius 3 is 2.18 bits per heavy atom. The molecule has 0 unspecified atom stereocenters. The number of carbonyl (C=O) groups excluding carboxylic acids is 1. The van der Waals surface area contributed by atoms with Crippen molar-refractivity contribution in [2.75, 3.05) is 0 Å². The molecule has 0 atom stereocenters. The van der Waals surface area contributed by atoms with Gasteiger partial charge in [-0.25, -0.2) is 0 Å². The number of hydrogen-bond donors (Lipinski definition) is 1. The van der Waals surface area contributed by atoms with Crippen molar-refractivity contribution in [1.29, 1.82) is 0 Å². The van der Waals surface area contributed by atoms with Crippen LogP contribution in [0.4, 0.5) is 0 Å². The number of hydrogen-bond acceptors (Lipinski definition) is 1. The molecule has 1 amide bonds. The highest BCUT2D eigenvalue weighted by atomic mass is 16.1. The monoisotopic (exact) mass is 227 g/mol. The molecule has 0 heterocycles. The third kappa shape index (κ3) is 2.31. The summed E-state index contributed by atoms with van der Waals surface area (Å²) < 4.78 is 0. The maximum absolute atomic E-state index is 11.1. The van der Waals surface area contributed by atoms with Crippen molar-refractivity contribution in [3.8, 4) is 0 Å². The Morgan fingerprint density at radius 2 is 1.59 bits per heavy atom. The van der Waals surface area contributed by atoms with E-state index in [0.29, 0.717) is 5.56 Å². The highest BCUT2D eigenvalue weighted by Crippen LogP contribution is 2.26. The lowest BCUT2D eigenvalue weighted by molar-refractivity contribution is 0.100. The van der Waals surface area contributed by atoms with Crippen molar-refractivity contribution in [2.45, 2.75) is 26.2 Å². The van der Waals surface area contributed by atoms with Crippen LogP contribution in [0.3, 0.4) is 0 Å². The van der Waals surface area contributed by atoms with Crippen LogP contribution in [-0.2, 0) is 5.41 Å². The minimum atomic E-state index is -0.383. The number of fused-ring (bicyclic) bond motifs is 1. The van der Waals surface area contributed by atoms with E-state index in [1.165, 1.54) is 5.56 Å². The lowest BCUT2D eigenvalue weighted by atomic mass is 9.86. The zero-order valence-electron chi connectivity index (χ0n) is 10.4. The molecule has 0 aromatic heterocycles. The molecule has 0 aliphatic rings. The molecule has 2 nitrogen and oxygen atoms in total. The first-order valence-corrected chi connectivity index (χ1v) is 5.72. The first kappa shape index (κ1) is 11.6. The second kappa shape index (κ2) is 3.88. The molecule has 88 valence electrons. The average Bonchev–Trinajstić information content (AvgIpc) is 2.26. The molecule has 2 heteroatoms. The minimum absolute atomic E-state index is 0.135. The number of nitrogens with two attached hydrogens (primary N) is 1. The van der Waals surface area contributed by atoms with Crippen molar-refractivity contribution in [3.63, 3.8) is 0 Å². The Balaban J connectivity index is 2.58. The second-order valence-corrected chi connectivity index (χ2v) is 5.39. The first-order chi connectivity index (χ1) is 7.88. The lowest BCUT2D eigenvalue weighted by Gasteiger charge is -2.19. The predicted molar refractivity (Wildman–Crippen MR) is 71.2 cm³/mol. The molecule has 0 bridgehead atoms. The van der Waals surface area contributed by atoms with Crippen LogP contribution in [0.25, 0.3) is 10.8 Å². The van der Waals surface area contributed by atoms with Crippen molar-refractivity contribution >= 4 is 16.7 Å². The van der Waals surface area contributed by atoms with Gasteiger partial charge in [-0.3, -0.25) is 4.79 Å². The quantitative estimate of drug-likeness (QED) is 0.798. The van der Waals surface area contributed by atoms with E-state index >= 15 is 0 Å². The van der Waals surface area contributed by atoms with E-state index in [4.69, 9.17) is 5.73 Å². The van der Waals surface area contributed by atoms with Gasteiger partial charge in [0, 0.05) is 5.56 Å². The van der Waals surface area contributed by atoms with Gasteiger partial charge in [0.05, 0.1) is 0 Å². The van der Waals surface area contributed by atoms with E-state index in [0.717, 1.165) is 10.8 Å². The molecule has 0 aliphatic carbocycles. The standard InChI is InChI=1S/C15H17NO/c1-15(2,3)13-7-6-10-8-12(14(16)17)5-4-11(10)9-13/h4-9H,1-3H3,(H2,16,17). The Labute approximate surface area is 101 Å². The summed E-state index contributed by atoms with van der Waals surface area (Å²) >= 11 is 0. The number of rotatable bonds is 1. The van der Waals surface area contributed by atoms with E-state index < -0.39 is 0 Å². The van der Waals surface area contributed by atoms with E-state index in [1.54, 1.807) is 6.07 Å². The fraction of sp³-hybridized carbons (Fsp3) is 0.267. The van der Waals surface area contributed by atoms with E-state index in [-0.39, 0.29) is 11.3 Å². The van der Waals surface area contributed by atoms with E-state index in [1.807, 2.05) is 18.2 Å². The Hall–Kier alpha value is -1.83. The van der Waals surface area contributed by atoms with Crippen LogP contribution in [0.15, 0.2) is 36.4 Å². The van der Waals surface area contributed by atoms with Gasteiger partial charge in [0.15, 0.2) is 0 Å². The van der Waals surface area contributed by atoms with Crippen molar-refractivity contribution in [1.82, 2.24) is 0 Å². The van der Waals surface area contributed by atoms with Crippen LogP contribution in [0.1, 0.15) is 36.7 Å². The summed E-state index contributed by atoms with van der Waals surface area (Å²) in [6.45, 7) is 6.56. The summed E-state index contributed by atoms with van der Waals surface area (Å²) in [5.74, 6) is -0.383. The molecular formula is C15H17NO. The molecular weight excluding hydrogens is 210 g/mol. The van der Waals surface area contributed by atoms with Crippen LogP contribution < -0.4 is 5.73 Å². The zero-order chi connectivity index (χ0) is 12.6. The summed E-state index contributed by atoms with van der Waals surface area (Å²) in [7, 11) is 0. The van der Waals surface area contributed by atoms with Crippen LogP contribution in [-0.4, -0.2) is 5.91 Å². The van der Waals surface area contributed by atoms with Gasteiger partial charge in [-0.1, -0.05) is 45.0 Å². The largest absolute Gasteiger partial charge is 0.366 e. The summed E-state index contributed by atoms with van der Waals surface area (Å²) in [6.07, 6.45) is 0. The molecule has 2 aromatic rings. The number of amides is 1. The van der Waals surface area contributed by atoms with Gasteiger partial charge >= 0.3 is 0 Å². The molecule has 0 saturated heterocycles. The lowest BCUT2D eigenvalue weighted by Crippen LogP contribution is -2.11. The Bertz CT molecular complexity index is 579. The van der Waals surface area contributed by atoms with Crippen LogP contribution in [0, 0.1) is 0 Å². The highest BCUT2D eigenvalue weighted by molar-refractivity contribution is 5.97. The van der Waals surface area contributed by atoms with Gasteiger partial charge < -0.3 is 5.73 Å². The molecule has 0 fully saturated rings. The smallest absolute Gasteiger partial charge is 0.248 e. The van der Waals surface area contributed by atoms with Crippen molar-refractivity contribution < 1.29 is 4.79 Å². The third-order valence-electron chi connectivity index (χ3n) is 2.99. The number of carbonyl (C=O) groups is 1. The first-order valence-electron chi connectivity index (χ1n) is 5.72. The summed E-state index contributed by atoms with van der Waals surface area (Å²) in [5.41, 5.74) is 7.25. The average molecular weight is 227 g/mol. The van der Waals surface area contributed by atoms with Crippen molar-refractivity contribution in [2.24, 2.45) is 5.73 Å². The van der Waals surface area contributed by atoms with Gasteiger partial charge in [-0.05, 0) is 33.9 Å². The minimum Gasteiger partial charge on any atom is -0.366 e. The molecule has 2 rings (SSSR count). The second-order valence-electron chi connectivity index (χ2n) is 5.39. The van der Waals surface area contributed by atoms with Gasteiger partial charge in [0.25, 0.3) is 0 Å². The topological polar surface area (TPSA) is 43.1 Å². The molecule has 2 N–H and O–H groups in total. The van der Waals surface area contributed by atoms with Gasteiger partial charge in [0.1, 0.15) is 0 Å². The summed E-state index contributed by atoms with van der Waals surface area (Å²) in [5, 5.41) is 2.19. The molecule has 0 spiro atoms. The fourth-order valence-electron chi connectivity index (χ4n) is 1.87. The van der Waals surface area contributed by atoms with E-state index in [2.05, 4.69) is 32.9 Å². The predicted octanol–water partition coefficient (Wildman–Crippen LogP) is 3.24. The Kier molecular flexibility index (Phi) is 2.66. The molecule has 17 heavy (non-hydrogen) atoms. The highest BCUT2D eigenvalue weighted by Gasteiger charge is 2.13. The fourth-order valence-corrected chi connectivity index (χ4v) is 1.87. The van der Waals surface area contributed by atoms with Crippen LogP contribution >= 0.6 is 0 Å². The summed E-state index contributed by atoms with van der Waals surface area (Å²) in [6, 6.07) is 11.9. The van der Waals surface area contributed by atoms with Crippen LogP contribution in [0.5, 0.6) is 0 Å². The van der Waals surface area contributed by atoms with E-state index in [9.17, 15) is 4.79 Å². The SMILES string of the molecule is CC(C)(C)c1ccc2cc(C(N)=O)ccc2c1. The van der Waals surface area contributed by atoms with Crippen LogP contribution in [0.2, 0.25) is 0 Å². The number of benzene rings is 2. The molecule has 0 radical (unpaired) electrons. The number of primary amides is 1. The maximum Gasteiger partial charge on any atom is 0.248 e. The summed E-state index contributed by atoms with van der Waals surface area (Å²) in [4.78, 5) is 11.1. The molecule has 0 saturated carbocycles. The zero-order valence-corrected chi connectivity index (χ0v) is 10.4. The third-order valence-corrected chi connectivity index (χ3v) is 2.99. The normalized spacial score (nSPS) is 11.7. The molecule has 0 aliphatic heterocycles.